The van der Waals surface area contributed by atoms with Crippen molar-refractivity contribution >= 4 is 0 Å². The molecule has 2 rings (SSSR count). The molecule has 2 heterocycles. The number of halogens is 1. The van der Waals surface area contributed by atoms with Crippen LogP contribution in [0.1, 0.15) is 52.9 Å². The second-order valence-corrected chi connectivity index (χ2v) is 7.36. The maximum Gasteiger partial charge on any atom is 0.160 e. The lowest BCUT2D eigenvalue weighted by atomic mass is 9.95. The molecular weight excluding hydrogens is 281 g/mol. The van der Waals surface area contributed by atoms with E-state index in [9.17, 15) is 4.39 Å². The highest BCUT2D eigenvalue weighted by molar-refractivity contribution is 4.77. The maximum absolute atomic E-state index is 13.8. The summed E-state index contributed by atoms with van der Waals surface area (Å²) >= 11 is 0. The van der Waals surface area contributed by atoms with Crippen molar-refractivity contribution in [3.8, 4) is 0 Å². The molecule has 0 saturated carbocycles. The summed E-state index contributed by atoms with van der Waals surface area (Å²) in [5.41, 5.74) is 0. The molecular formula is C18H34FNO2. The largest absolute Gasteiger partial charge is 0.352 e. The Kier molecular flexibility index (Phi) is 7.58. The van der Waals surface area contributed by atoms with E-state index in [2.05, 4.69) is 18.7 Å². The summed E-state index contributed by atoms with van der Waals surface area (Å²) in [5, 5.41) is 0. The summed E-state index contributed by atoms with van der Waals surface area (Å²) in [6.45, 7) is 11.1. The molecule has 2 aliphatic heterocycles. The fourth-order valence-corrected chi connectivity index (χ4v) is 3.39. The van der Waals surface area contributed by atoms with Crippen molar-refractivity contribution in [1.82, 2.24) is 4.90 Å². The minimum atomic E-state index is -0.631. The van der Waals surface area contributed by atoms with Crippen molar-refractivity contribution < 1.29 is 13.9 Å². The molecule has 0 N–H and O–H groups in total. The van der Waals surface area contributed by atoms with Gasteiger partial charge in [-0.15, -0.1) is 0 Å². The maximum atomic E-state index is 13.8. The van der Waals surface area contributed by atoms with E-state index in [-0.39, 0.29) is 12.2 Å². The molecule has 22 heavy (non-hydrogen) atoms. The highest BCUT2D eigenvalue weighted by Gasteiger charge is 2.30. The van der Waals surface area contributed by atoms with Crippen LogP contribution in [0.15, 0.2) is 0 Å². The zero-order valence-corrected chi connectivity index (χ0v) is 14.6. The zero-order chi connectivity index (χ0) is 15.9. The van der Waals surface area contributed by atoms with Crippen LogP contribution >= 0.6 is 0 Å². The number of hydrogen-bond donors (Lipinski definition) is 0. The van der Waals surface area contributed by atoms with Gasteiger partial charge in [0.25, 0.3) is 0 Å². The van der Waals surface area contributed by atoms with Crippen molar-refractivity contribution in [2.75, 3.05) is 32.8 Å². The molecule has 2 unspecified atom stereocenters. The smallest absolute Gasteiger partial charge is 0.160 e. The van der Waals surface area contributed by atoms with Crippen LogP contribution in [0.4, 0.5) is 4.39 Å². The summed E-state index contributed by atoms with van der Waals surface area (Å²) in [6, 6.07) is 0. The Labute approximate surface area is 135 Å². The van der Waals surface area contributed by atoms with Crippen LogP contribution in [0.25, 0.3) is 0 Å². The average molecular weight is 315 g/mol. The van der Waals surface area contributed by atoms with Crippen LogP contribution in [0, 0.1) is 17.8 Å². The van der Waals surface area contributed by atoms with E-state index in [0.717, 1.165) is 58.5 Å². The molecule has 0 spiro atoms. The Hall–Kier alpha value is -0.190. The molecule has 130 valence electrons. The van der Waals surface area contributed by atoms with Crippen LogP contribution in [-0.2, 0) is 9.47 Å². The molecule has 2 saturated heterocycles. The third kappa shape index (κ3) is 5.47. The molecule has 0 aliphatic carbocycles. The van der Waals surface area contributed by atoms with Gasteiger partial charge in [0.15, 0.2) is 6.29 Å². The first-order valence-corrected chi connectivity index (χ1v) is 9.19. The number of nitrogens with zero attached hydrogens (tertiary/aromatic N) is 1. The molecule has 2 fully saturated rings. The van der Waals surface area contributed by atoms with Crippen LogP contribution < -0.4 is 0 Å². The predicted octanol–water partition coefficient (Wildman–Crippen LogP) is 3.87. The molecule has 0 aromatic rings. The van der Waals surface area contributed by atoms with Gasteiger partial charge in [0.1, 0.15) is 6.17 Å². The Morgan fingerprint density at radius 1 is 1.18 bits per heavy atom. The number of alkyl halides is 1. The quantitative estimate of drug-likeness (QED) is 0.712. The lowest BCUT2D eigenvalue weighted by molar-refractivity contribution is -0.227. The van der Waals surface area contributed by atoms with Crippen LogP contribution in [-0.4, -0.2) is 50.2 Å². The van der Waals surface area contributed by atoms with E-state index < -0.39 is 6.17 Å². The second-order valence-electron chi connectivity index (χ2n) is 7.36. The fourth-order valence-electron chi connectivity index (χ4n) is 3.39. The molecule has 2 aliphatic rings. The first kappa shape index (κ1) is 18.2. The minimum absolute atomic E-state index is 0.0129. The molecule has 0 amide bonds. The van der Waals surface area contributed by atoms with Crippen molar-refractivity contribution in [3.63, 3.8) is 0 Å². The molecule has 4 heteroatoms. The molecule has 0 radical (unpaired) electrons. The third-order valence-electron chi connectivity index (χ3n) is 5.32. The van der Waals surface area contributed by atoms with E-state index in [1.54, 1.807) is 0 Å². The van der Waals surface area contributed by atoms with E-state index in [1.165, 1.54) is 0 Å². The van der Waals surface area contributed by atoms with E-state index in [4.69, 9.17) is 9.47 Å². The van der Waals surface area contributed by atoms with Gasteiger partial charge in [-0.25, -0.2) is 4.39 Å². The zero-order valence-electron chi connectivity index (χ0n) is 14.6. The molecule has 0 aromatic carbocycles. The van der Waals surface area contributed by atoms with E-state index in [1.807, 2.05) is 6.92 Å². The van der Waals surface area contributed by atoms with Crippen molar-refractivity contribution in [3.05, 3.63) is 0 Å². The third-order valence-corrected chi connectivity index (χ3v) is 5.32. The predicted molar refractivity (Wildman–Crippen MR) is 87.6 cm³/mol. The first-order chi connectivity index (χ1) is 10.6. The topological polar surface area (TPSA) is 21.7 Å². The van der Waals surface area contributed by atoms with Gasteiger partial charge in [-0.3, -0.25) is 0 Å². The summed E-state index contributed by atoms with van der Waals surface area (Å²) in [4.78, 5) is 2.48. The van der Waals surface area contributed by atoms with Gasteiger partial charge in [-0.05, 0) is 51.2 Å². The standard InChI is InChI=1S/C18H34FNO2/c1-4-15(3)17(19)6-5-9-20-10-7-16(8-11-20)18-21-12-14(2)13-22-18/h14-18H,4-13H2,1-3H3. The van der Waals surface area contributed by atoms with Crippen LogP contribution in [0.2, 0.25) is 0 Å². The summed E-state index contributed by atoms with van der Waals surface area (Å²) in [6.07, 6.45) is 4.29. The number of rotatable bonds is 7. The Morgan fingerprint density at radius 2 is 1.82 bits per heavy atom. The second kappa shape index (κ2) is 9.19. The van der Waals surface area contributed by atoms with Gasteiger partial charge in [-0.1, -0.05) is 27.2 Å². The van der Waals surface area contributed by atoms with Gasteiger partial charge in [-0.2, -0.15) is 0 Å². The van der Waals surface area contributed by atoms with Crippen molar-refractivity contribution in [2.45, 2.75) is 65.3 Å². The van der Waals surface area contributed by atoms with Gasteiger partial charge in [0.2, 0.25) is 0 Å². The molecule has 3 nitrogen and oxygen atoms in total. The number of piperidine rings is 1. The Morgan fingerprint density at radius 3 is 2.41 bits per heavy atom. The van der Waals surface area contributed by atoms with Gasteiger partial charge in [0.05, 0.1) is 13.2 Å². The van der Waals surface area contributed by atoms with Crippen LogP contribution in [0.5, 0.6) is 0 Å². The molecule has 0 bridgehead atoms. The molecule has 2 atom stereocenters. The number of ether oxygens (including phenoxy) is 2. The minimum Gasteiger partial charge on any atom is -0.352 e. The summed E-state index contributed by atoms with van der Waals surface area (Å²) in [5.74, 6) is 1.27. The highest BCUT2D eigenvalue weighted by atomic mass is 19.1. The Balaban J connectivity index is 1.59. The average Bonchev–Trinajstić information content (AvgIpc) is 2.55. The summed E-state index contributed by atoms with van der Waals surface area (Å²) in [7, 11) is 0. The summed E-state index contributed by atoms with van der Waals surface area (Å²) < 4.78 is 25.5. The van der Waals surface area contributed by atoms with E-state index in [0.29, 0.717) is 18.3 Å². The number of likely N-dealkylation sites (tertiary alicyclic amines) is 1. The highest BCUT2D eigenvalue weighted by Crippen LogP contribution is 2.27. The van der Waals surface area contributed by atoms with Crippen molar-refractivity contribution in [1.29, 1.82) is 0 Å². The lowest BCUT2D eigenvalue weighted by Gasteiger charge is -2.38. The van der Waals surface area contributed by atoms with Gasteiger partial charge < -0.3 is 14.4 Å². The Bertz CT molecular complexity index is 299. The lowest BCUT2D eigenvalue weighted by Crippen LogP contribution is -2.43. The van der Waals surface area contributed by atoms with Gasteiger partial charge >= 0.3 is 0 Å². The fraction of sp³-hybridized carbons (Fsp3) is 1.00. The molecule has 0 aromatic heterocycles. The van der Waals surface area contributed by atoms with Crippen molar-refractivity contribution in [2.24, 2.45) is 17.8 Å². The first-order valence-electron chi connectivity index (χ1n) is 9.19. The monoisotopic (exact) mass is 315 g/mol. The van der Waals surface area contributed by atoms with Gasteiger partial charge in [0, 0.05) is 11.8 Å². The SMILES string of the molecule is CCC(C)C(F)CCCN1CCC(C2OCC(C)CO2)CC1. The normalized spacial score (nSPS) is 31.1. The number of hydrogen-bond acceptors (Lipinski definition) is 3. The van der Waals surface area contributed by atoms with Crippen LogP contribution in [0.3, 0.4) is 0 Å². The van der Waals surface area contributed by atoms with E-state index >= 15 is 0 Å².